The highest BCUT2D eigenvalue weighted by molar-refractivity contribution is 6.01. The molecule has 0 N–H and O–H groups in total. The lowest BCUT2D eigenvalue weighted by atomic mass is 9.80. The van der Waals surface area contributed by atoms with Crippen LogP contribution in [-0.4, -0.2) is 10.7 Å². The number of aromatic nitrogens is 1. The van der Waals surface area contributed by atoms with Crippen LogP contribution < -0.4 is 5.01 Å². The first-order chi connectivity index (χ1) is 32.4. The van der Waals surface area contributed by atoms with Gasteiger partial charge in [0.05, 0.1) is 17.4 Å². The van der Waals surface area contributed by atoms with Crippen molar-refractivity contribution in [2.75, 3.05) is 5.01 Å². The molecule has 6 rings (SSSR count). The number of oxazole rings is 1. The molecule has 0 aliphatic carbocycles. The van der Waals surface area contributed by atoms with Crippen LogP contribution in [0.2, 0.25) is 0 Å². The third-order valence-corrected chi connectivity index (χ3v) is 14.3. The Hall–Kier alpha value is -4.44. The van der Waals surface area contributed by atoms with Gasteiger partial charge in [-0.3, -0.25) is 5.01 Å². The number of hydrazone groups is 1. The minimum atomic E-state index is 0.106. The average molecular weight is 890 g/mol. The fourth-order valence-electron chi connectivity index (χ4n) is 9.85. The molecule has 1 unspecified atom stereocenters. The van der Waals surface area contributed by atoms with E-state index in [0.717, 1.165) is 40.9 Å². The lowest BCUT2D eigenvalue weighted by Gasteiger charge is -2.25. The summed E-state index contributed by atoms with van der Waals surface area (Å²) in [5.41, 5.74) is 11.8. The summed E-state index contributed by atoms with van der Waals surface area (Å²) < 4.78 is 6.34. The van der Waals surface area contributed by atoms with Gasteiger partial charge in [0.1, 0.15) is 5.52 Å². The maximum atomic E-state index is 6.34. The highest BCUT2D eigenvalue weighted by Crippen LogP contribution is 2.38. The third kappa shape index (κ3) is 16.4. The Morgan fingerprint density at radius 3 is 1.64 bits per heavy atom. The van der Waals surface area contributed by atoms with E-state index in [1.807, 2.05) is 0 Å². The van der Waals surface area contributed by atoms with E-state index in [0.29, 0.717) is 5.89 Å². The van der Waals surface area contributed by atoms with Crippen LogP contribution in [0.4, 0.5) is 5.69 Å². The van der Waals surface area contributed by atoms with E-state index >= 15 is 0 Å². The highest BCUT2D eigenvalue weighted by Gasteiger charge is 2.29. The van der Waals surface area contributed by atoms with Gasteiger partial charge in [0.15, 0.2) is 5.58 Å². The van der Waals surface area contributed by atoms with Crippen LogP contribution in [0.1, 0.15) is 229 Å². The summed E-state index contributed by atoms with van der Waals surface area (Å²) in [5, 5.41) is 7.52. The molecule has 2 heterocycles. The smallest absolute Gasteiger partial charge is 0.227 e. The van der Waals surface area contributed by atoms with E-state index < -0.39 is 0 Å². The summed E-state index contributed by atoms with van der Waals surface area (Å²) in [6.45, 7) is 11.6. The van der Waals surface area contributed by atoms with E-state index in [1.54, 1.807) is 0 Å². The maximum absolute atomic E-state index is 6.34. The first-order valence-corrected chi connectivity index (χ1v) is 27.1. The molecule has 66 heavy (non-hydrogen) atoms. The first kappa shape index (κ1) is 51.0. The van der Waals surface area contributed by atoms with Gasteiger partial charge < -0.3 is 4.42 Å². The number of aryl methyl sites for hydroxylation is 2. The predicted molar refractivity (Wildman–Crippen MR) is 287 cm³/mol. The molecular weight excluding hydrogens is 803 g/mol. The summed E-state index contributed by atoms with van der Waals surface area (Å²) in [5.74, 6) is 0.662. The first-order valence-electron chi connectivity index (χ1n) is 27.1. The number of nitrogens with zero attached hydrogens (tertiary/aromatic N) is 3. The van der Waals surface area contributed by atoms with Crippen LogP contribution in [-0.2, 0) is 18.3 Å². The lowest BCUT2D eigenvalue weighted by Crippen LogP contribution is -2.18. The summed E-state index contributed by atoms with van der Waals surface area (Å²) in [4.78, 5) is 4.99. The largest absolute Gasteiger partial charge is 0.436 e. The summed E-state index contributed by atoms with van der Waals surface area (Å²) in [6.07, 6.45) is 40.1. The number of unbranched alkanes of at least 4 members (excludes halogenated alkanes) is 20. The van der Waals surface area contributed by atoms with Crippen molar-refractivity contribution >= 4 is 28.6 Å². The molecule has 5 aromatic rings. The third-order valence-electron chi connectivity index (χ3n) is 14.3. The number of hydrogen-bond donors (Lipinski definition) is 0. The van der Waals surface area contributed by atoms with Crippen molar-refractivity contribution in [2.45, 2.75) is 219 Å². The number of benzene rings is 4. The van der Waals surface area contributed by atoms with E-state index in [4.69, 9.17) is 14.5 Å². The van der Waals surface area contributed by atoms with Gasteiger partial charge in [0.25, 0.3) is 0 Å². The molecule has 1 aliphatic heterocycles. The van der Waals surface area contributed by atoms with Crippen LogP contribution >= 0.6 is 0 Å². The molecule has 0 saturated heterocycles. The molecule has 4 aromatic carbocycles. The molecule has 0 fully saturated rings. The van der Waals surface area contributed by atoms with Crippen molar-refractivity contribution in [3.63, 3.8) is 0 Å². The fraction of sp³-hybridized carbons (Fsp3) is 0.548. The molecule has 356 valence electrons. The van der Waals surface area contributed by atoms with Crippen molar-refractivity contribution in [1.29, 1.82) is 0 Å². The van der Waals surface area contributed by atoms with Crippen LogP contribution in [0.25, 0.3) is 28.6 Å². The molecule has 0 saturated carbocycles. The van der Waals surface area contributed by atoms with Crippen LogP contribution in [0.3, 0.4) is 0 Å². The van der Waals surface area contributed by atoms with Gasteiger partial charge in [-0.05, 0) is 108 Å². The minimum Gasteiger partial charge on any atom is -0.436 e. The Morgan fingerprint density at radius 1 is 0.561 bits per heavy atom. The van der Waals surface area contributed by atoms with Crippen molar-refractivity contribution in [2.24, 2.45) is 5.10 Å². The van der Waals surface area contributed by atoms with Gasteiger partial charge >= 0.3 is 0 Å². The van der Waals surface area contributed by atoms with Crippen molar-refractivity contribution in [3.05, 3.63) is 125 Å². The molecule has 0 bridgehead atoms. The van der Waals surface area contributed by atoms with Gasteiger partial charge in [-0.1, -0.05) is 230 Å². The fourth-order valence-corrected chi connectivity index (χ4v) is 9.85. The molecule has 4 nitrogen and oxygen atoms in total. The zero-order valence-electron chi connectivity index (χ0n) is 42.2. The Morgan fingerprint density at radius 2 is 1.08 bits per heavy atom. The number of rotatable bonds is 32. The Bertz CT molecular complexity index is 2160. The van der Waals surface area contributed by atoms with E-state index in [2.05, 4.69) is 143 Å². The Kier molecular flexibility index (Phi) is 21.6. The van der Waals surface area contributed by atoms with E-state index in [-0.39, 0.29) is 11.5 Å². The minimum absolute atomic E-state index is 0.106. The second-order valence-corrected chi connectivity index (χ2v) is 20.4. The molecule has 1 aromatic heterocycles. The molecule has 0 amide bonds. The van der Waals surface area contributed by atoms with Gasteiger partial charge in [-0.25, -0.2) is 4.98 Å². The van der Waals surface area contributed by atoms with Crippen LogP contribution in [0, 0.1) is 0 Å². The number of hydrogen-bond acceptors (Lipinski definition) is 4. The number of anilines is 1. The van der Waals surface area contributed by atoms with Crippen LogP contribution in [0.5, 0.6) is 0 Å². The highest BCUT2D eigenvalue weighted by atomic mass is 16.3. The van der Waals surface area contributed by atoms with Gasteiger partial charge in [-0.2, -0.15) is 5.10 Å². The zero-order valence-corrected chi connectivity index (χ0v) is 42.2. The monoisotopic (exact) mass is 890 g/mol. The van der Waals surface area contributed by atoms with Crippen molar-refractivity contribution in [3.8, 4) is 11.5 Å². The van der Waals surface area contributed by atoms with E-state index in [9.17, 15) is 0 Å². The molecule has 0 radical (unpaired) electrons. The van der Waals surface area contributed by atoms with Gasteiger partial charge in [0, 0.05) is 12.0 Å². The second-order valence-electron chi connectivity index (χ2n) is 20.4. The topological polar surface area (TPSA) is 41.6 Å². The summed E-state index contributed by atoms with van der Waals surface area (Å²) >= 11 is 0. The number of allylic oxidation sites excluding steroid dienone is 1. The second kappa shape index (κ2) is 28.0. The zero-order chi connectivity index (χ0) is 46.2. The Balaban J connectivity index is 1.08. The van der Waals surface area contributed by atoms with Crippen molar-refractivity contribution in [1.82, 2.24) is 4.98 Å². The summed E-state index contributed by atoms with van der Waals surface area (Å²) in [7, 11) is 0. The van der Waals surface area contributed by atoms with Gasteiger partial charge in [-0.15, -0.1) is 0 Å². The predicted octanol–water partition coefficient (Wildman–Crippen LogP) is 19.3. The SMILES string of the molecule is CCCCCCCCCCCCc1ccc(C=CC2=NN(c3ccc(-c4nc5cc(C(C)(C)CCCCC)ccc5o4)cc3)C(c3ccc(CCCCCCCCCCCC)cc3)C2)cc1. The van der Waals surface area contributed by atoms with Gasteiger partial charge in [0.2, 0.25) is 5.89 Å². The molecule has 1 aliphatic rings. The summed E-state index contributed by atoms with van der Waals surface area (Å²) in [6, 6.07) is 34.0. The quantitative estimate of drug-likeness (QED) is 0.0404. The van der Waals surface area contributed by atoms with Crippen molar-refractivity contribution < 1.29 is 4.42 Å². The Labute approximate surface area is 402 Å². The molecular formula is C62H87N3O. The normalized spacial score (nSPS) is 14.3. The average Bonchev–Trinajstić information content (AvgIpc) is 3.98. The maximum Gasteiger partial charge on any atom is 0.227 e. The lowest BCUT2D eigenvalue weighted by molar-refractivity contribution is 0.450. The molecule has 1 atom stereocenters. The van der Waals surface area contributed by atoms with Crippen LogP contribution in [0.15, 0.2) is 107 Å². The standard InChI is InChI=1S/C62H87N3O/c1-6-9-12-14-16-18-20-22-24-26-29-50-31-33-52(34-32-50)37-43-56-49-59(53-38-35-51(36-39-53)30-27-25-23-21-19-17-15-13-10-7-2)65(64-56)57-44-40-54(41-45-57)61-63-58-48-55(42-46-60(58)66-61)62(4,5)47-28-11-8-3/h31-46,48,59H,6-30,47,49H2,1-5H3. The molecule has 0 spiro atoms. The van der Waals surface area contributed by atoms with E-state index in [1.165, 1.54) is 188 Å². The molecule has 4 heteroatoms. The number of fused-ring (bicyclic) bond motifs is 1.